The van der Waals surface area contributed by atoms with Crippen LogP contribution in [-0.4, -0.2) is 9.80 Å². The Kier molecular flexibility index (Phi) is 25.7. The van der Waals surface area contributed by atoms with Crippen LogP contribution in [0.25, 0.3) is 0 Å². The summed E-state index contributed by atoms with van der Waals surface area (Å²) in [4.78, 5) is 0. The van der Waals surface area contributed by atoms with Gasteiger partial charge in [0.15, 0.2) is 0 Å². The van der Waals surface area contributed by atoms with Crippen LogP contribution in [0.2, 0.25) is 0 Å². The molecule has 0 aromatic rings. The van der Waals surface area contributed by atoms with Crippen molar-refractivity contribution in [3.8, 4) is 0 Å². The average Bonchev–Trinajstić information content (AvgIpc) is 0.811. The minimum absolute atomic E-state index is 0. The van der Waals surface area contributed by atoms with E-state index in [-0.39, 0.29) is 61.2 Å². The second-order valence-corrected chi connectivity index (χ2v) is 1.46. The maximum atomic E-state index is 4.66. The van der Waals surface area contributed by atoms with Gasteiger partial charge in [0.05, 0.1) is 0 Å². The SMILES string of the molecule is NC(=S)[S-].O.[K+]. The van der Waals surface area contributed by atoms with Crippen LogP contribution >= 0.6 is 12.2 Å². The Morgan fingerprint density at radius 2 is 1.67 bits per heavy atom. The molecule has 0 amide bonds. The molecule has 0 radical (unpaired) electrons. The first-order chi connectivity index (χ1) is 1.73. The summed E-state index contributed by atoms with van der Waals surface area (Å²) in [6.07, 6.45) is 0. The van der Waals surface area contributed by atoms with E-state index in [2.05, 4.69) is 30.6 Å². The van der Waals surface area contributed by atoms with Crippen molar-refractivity contribution in [2.45, 2.75) is 0 Å². The zero-order valence-corrected chi connectivity index (χ0v) is 8.15. The van der Waals surface area contributed by atoms with Crippen molar-refractivity contribution in [2.24, 2.45) is 5.73 Å². The van der Waals surface area contributed by atoms with Gasteiger partial charge in [0.2, 0.25) is 0 Å². The van der Waals surface area contributed by atoms with Crippen LogP contribution < -0.4 is 57.1 Å². The predicted molar refractivity (Wildman–Crippen MR) is 27.8 cm³/mol. The van der Waals surface area contributed by atoms with Crippen LogP contribution in [0.5, 0.6) is 0 Å². The van der Waals surface area contributed by atoms with E-state index in [1.807, 2.05) is 0 Å². The molecule has 4 N–H and O–H groups in total. The Balaban J connectivity index is -0.0000000450. The fourth-order valence-corrected chi connectivity index (χ4v) is 0. The molecular formula is CH4KNOS2. The summed E-state index contributed by atoms with van der Waals surface area (Å²) in [6, 6.07) is 0. The normalized spacial score (nSPS) is 4.00. The average molecular weight is 149 g/mol. The molecule has 0 aromatic carbocycles. The molecule has 0 rings (SSSR count). The second-order valence-electron chi connectivity index (χ2n) is 0.319. The van der Waals surface area contributed by atoms with E-state index in [9.17, 15) is 0 Å². The first-order valence-corrected chi connectivity index (χ1v) is 1.51. The van der Waals surface area contributed by atoms with E-state index < -0.39 is 0 Å². The van der Waals surface area contributed by atoms with Gasteiger partial charge in [-0.15, -0.1) is 0 Å². The predicted octanol–water partition coefficient (Wildman–Crippen LogP) is -4.04. The number of hydrogen-bond donors (Lipinski definition) is 1. The van der Waals surface area contributed by atoms with E-state index in [1.54, 1.807) is 0 Å². The molecule has 0 aliphatic rings. The number of nitrogens with two attached hydrogens (primary N) is 1. The first kappa shape index (κ1) is 15.6. The second kappa shape index (κ2) is 9.86. The van der Waals surface area contributed by atoms with Gasteiger partial charge in [-0.1, -0.05) is 4.32 Å². The Hall–Kier alpha value is 1.71. The number of hydrogen-bond acceptors (Lipinski definition) is 2. The minimum atomic E-state index is 0. The molecule has 0 saturated carbocycles. The molecule has 0 fully saturated rings. The van der Waals surface area contributed by atoms with Gasteiger partial charge in [-0.3, -0.25) is 0 Å². The third kappa shape index (κ3) is 43.4. The summed E-state index contributed by atoms with van der Waals surface area (Å²) in [5.74, 6) is 0. The summed E-state index contributed by atoms with van der Waals surface area (Å²) in [5, 5.41) is 0. The summed E-state index contributed by atoms with van der Waals surface area (Å²) < 4.78 is 0.0833. The molecule has 0 saturated heterocycles. The number of thiocarbonyl (C=S) groups is 1. The van der Waals surface area contributed by atoms with Gasteiger partial charge in [-0.25, -0.2) is 0 Å². The molecule has 0 aliphatic heterocycles. The van der Waals surface area contributed by atoms with E-state index >= 15 is 0 Å². The van der Waals surface area contributed by atoms with Crippen LogP contribution in [0, 0.1) is 0 Å². The van der Waals surface area contributed by atoms with Crippen LogP contribution in [-0.2, 0) is 12.6 Å². The van der Waals surface area contributed by atoms with Crippen molar-refractivity contribution in [1.29, 1.82) is 0 Å². The van der Waals surface area contributed by atoms with Crippen molar-refractivity contribution in [3.05, 3.63) is 0 Å². The molecular weight excluding hydrogens is 145 g/mol. The van der Waals surface area contributed by atoms with Gasteiger partial charge in [0.25, 0.3) is 0 Å². The monoisotopic (exact) mass is 149 g/mol. The fourth-order valence-electron chi connectivity index (χ4n) is 0. The van der Waals surface area contributed by atoms with Gasteiger partial charge in [0, 0.05) is 0 Å². The largest absolute Gasteiger partial charge is 1.00 e. The first-order valence-electron chi connectivity index (χ1n) is 0.697. The minimum Gasteiger partial charge on any atom is -0.415 e. The third-order valence-corrected chi connectivity index (χ3v) is 0. The van der Waals surface area contributed by atoms with Crippen molar-refractivity contribution in [3.63, 3.8) is 0 Å². The van der Waals surface area contributed by atoms with Crippen LogP contribution in [0.1, 0.15) is 0 Å². The van der Waals surface area contributed by atoms with Gasteiger partial charge < -0.3 is 36.1 Å². The maximum Gasteiger partial charge on any atom is 1.00 e. The summed E-state index contributed by atoms with van der Waals surface area (Å²) >= 11 is 8.26. The molecule has 0 bridgehead atoms. The van der Waals surface area contributed by atoms with Gasteiger partial charge in [-0.05, 0) is 0 Å². The van der Waals surface area contributed by atoms with E-state index in [0.717, 1.165) is 0 Å². The van der Waals surface area contributed by atoms with Crippen LogP contribution in [0.3, 0.4) is 0 Å². The Morgan fingerprint density at radius 3 is 1.67 bits per heavy atom. The topological polar surface area (TPSA) is 57.5 Å². The maximum absolute atomic E-state index is 4.66. The quantitative estimate of drug-likeness (QED) is 0.217. The number of rotatable bonds is 0. The van der Waals surface area contributed by atoms with Crippen molar-refractivity contribution >= 4 is 29.2 Å². The Morgan fingerprint density at radius 1 is 1.67 bits per heavy atom. The Bertz CT molecular complexity index is 36.5. The van der Waals surface area contributed by atoms with Gasteiger partial charge >= 0.3 is 51.4 Å². The van der Waals surface area contributed by atoms with Crippen LogP contribution in [0.15, 0.2) is 0 Å². The molecule has 0 heterocycles. The molecule has 0 atom stereocenters. The van der Waals surface area contributed by atoms with Gasteiger partial charge in [0.1, 0.15) is 0 Å². The standard InChI is InChI=1S/CH3NS2.K.H2O/c2-1(3)4;;/h(H3,2,3,4);;1H2/q;+1;/p-1. The molecule has 32 valence electrons. The summed E-state index contributed by atoms with van der Waals surface area (Å²) in [6.45, 7) is 0. The van der Waals surface area contributed by atoms with Crippen LogP contribution in [0.4, 0.5) is 0 Å². The molecule has 0 unspecified atom stereocenters. The fraction of sp³-hybridized carbons (Fsp3) is 0. The zero-order valence-electron chi connectivity index (χ0n) is 3.39. The zero-order chi connectivity index (χ0) is 3.58. The summed E-state index contributed by atoms with van der Waals surface area (Å²) in [5.41, 5.74) is 4.66. The molecule has 0 spiro atoms. The smallest absolute Gasteiger partial charge is 0.415 e. The van der Waals surface area contributed by atoms with E-state index in [1.165, 1.54) is 0 Å². The van der Waals surface area contributed by atoms with Crippen molar-refractivity contribution in [1.82, 2.24) is 0 Å². The Labute approximate surface area is 90.0 Å². The van der Waals surface area contributed by atoms with E-state index in [0.29, 0.717) is 0 Å². The molecule has 2 nitrogen and oxygen atoms in total. The van der Waals surface area contributed by atoms with E-state index in [4.69, 9.17) is 0 Å². The summed E-state index contributed by atoms with van der Waals surface area (Å²) in [7, 11) is 0. The molecule has 0 aliphatic carbocycles. The van der Waals surface area contributed by atoms with Crippen molar-refractivity contribution in [2.75, 3.05) is 0 Å². The molecule has 6 heavy (non-hydrogen) atoms. The molecule has 0 aromatic heterocycles. The third-order valence-electron chi connectivity index (χ3n) is 0. The molecule has 5 heteroatoms. The van der Waals surface area contributed by atoms with Gasteiger partial charge in [-0.2, -0.15) is 0 Å². The van der Waals surface area contributed by atoms with Crippen molar-refractivity contribution < 1.29 is 56.9 Å².